The highest BCUT2D eigenvalue weighted by atomic mass is 32.1. The molecule has 1 N–H and O–H groups in total. The van der Waals surface area contributed by atoms with Gasteiger partial charge in [0, 0.05) is 19.3 Å². The van der Waals surface area contributed by atoms with E-state index in [1.165, 1.54) is 0 Å². The van der Waals surface area contributed by atoms with E-state index in [4.69, 9.17) is 4.74 Å². The van der Waals surface area contributed by atoms with Crippen LogP contribution < -0.4 is 5.32 Å². The fourth-order valence-electron chi connectivity index (χ4n) is 2.33. The van der Waals surface area contributed by atoms with Crippen LogP contribution in [-0.4, -0.2) is 34.4 Å². The van der Waals surface area contributed by atoms with Gasteiger partial charge < -0.3 is 10.1 Å². The highest BCUT2D eigenvalue weighted by Gasteiger charge is 2.25. The van der Waals surface area contributed by atoms with Crippen LogP contribution in [0.2, 0.25) is 0 Å². The molecule has 2 aromatic heterocycles. The largest absolute Gasteiger partial charge is 0.381 e. The third kappa shape index (κ3) is 2.90. The Morgan fingerprint density at radius 1 is 1.32 bits per heavy atom. The average Bonchev–Trinajstić information content (AvgIpc) is 3.09. The average molecular weight is 276 g/mol. The van der Waals surface area contributed by atoms with Crippen molar-refractivity contribution >= 4 is 16.5 Å². The molecule has 1 fully saturated rings. The summed E-state index contributed by atoms with van der Waals surface area (Å²) in [6.45, 7) is 0. The summed E-state index contributed by atoms with van der Waals surface area (Å²) in [5, 5.41) is 13.5. The number of ether oxygens (including phenoxy) is 1. The molecule has 1 aliphatic rings. The van der Waals surface area contributed by atoms with E-state index in [-0.39, 0.29) is 0 Å². The predicted molar refractivity (Wildman–Crippen MR) is 75.2 cm³/mol. The fourth-order valence-corrected chi connectivity index (χ4v) is 3.13. The minimum Gasteiger partial charge on any atom is -0.381 e. The third-order valence-electron chi connectivity index (χ3n) is 3.35. The SMILES string of the molecule is COC1CCC(Nc2nnc(-c3ccccn3)s2)C1. The summed E-state index contributed by atoms with van der Waals surface area (Å²) in [6, 6.07) is 6.24. The van der Waals surface area contributed by atoms with E-state index in [0.717, 1.165) is 35.1 Å². The molecule has 0 bridgehead atoms. The molecule has 1 aliphatic carbocycles. The molecule has 0 aliphatic heterocycles. The second-order valence-electron chi connectivity index (χ2n) is 4.64. The van der Waals surface area contributed by atoms with E-state index < -0.39 is 0 Å². The molecular formula is C13H16N4OS. The number of rotatable bonds is 4. The zero-order chi connectivity index (χ0) is 13.1. The zero-order valence-corrected chi connectivity index (χ0v) is 11.6. The molecule has 0 aromatic carbocycles. The molecule has 0 spiro atoms. The number of methoxy groups -OCH3 is 1. The van der Waals surface area contributed by atoms with E-state index in [0.29, 0.717) is 12.1 Å². The number of aromatic nitrogens is 3. The van der Waals surface area contributed by atoms with Crippen molar-refractivity contribution < 1.29 is 4.74 Å². The topological polar surface area (TPSA) is 59.9 Å². The number of anilines is 1. The molecule has 1 saturated carbocycles. The maximum atomic E-state index is 5.37. The lowest BCUT2D eigenvalue weighted by Crippen LogP contribution is -2.17. The van der Waals surface area contributed by atoms with Crippen molar-refractivity contribution in [1.82, 2.24) is 15.2 Å². The highest BCUT2D eigenvalue weighted by molar-refractivity contribution is 7.18. The molecule has 2 atom stereocenters. The molecule has 19 heavy (non-hydrogen) atoms. The number of nitrogens with zero attached hydrogens (tertiary/aromatic N) is 3. The monoisotopic (exact) mass is 276 g/mol. The van der Waals surface area contributed by atoms with Crippen LogP contribution in [0.3, 0.4) is 0 Å². The molecule has 3 rings (SSSR count). The fraction of sp³-hybridized carbons (Fsp3) is 0.462. The lowest BCUT2D eigenvalue weighted by atomic mass is 10.2. The van der Waals surface area contributed by atoms with Gasteiger partial charge in [-0.3, -0.25) is 4.98 Å². The lowest BCUT2D eigenvalue weighted by molar-refractivity contribution is 0.108. The van der Waals surface area contributed by atoms with Gasteiger partial charge in [-0.2, -0.15) is 0 Å². The van der Waals surface area contributed by atoms with Crippen molar-refractivity contribution in [3.8, 4) is 10.7 Å². The highest BCUT2D eigenvalue weighted by Crippen LogP contribution is 2.28. The Morgan fingerprint density at radius 2 is 2.26 bits per heavy atom. The normalized spacial score (nSPS) is 22.6. The first kappa shape index (κ1) is 12.5. The van der Waals surface area contributed by atoms with Gasteiger partial charge in [0.05, 0.1) is 6.10 Å². The van der Waals surface area contributed by atoms with Gasteiger partial charge in [0.2, 0.25) is 5.13 Å². The van der Waals surface area contributed by atoms with Crippen molar-refractivity contribution in [3.05, 3.63) is 24.4 Å². The van der Waals surface area contributed by atoms with Gasteiger partial charge in [0.1, 0.15) is 5.69 Å². The summed E-state index contributed by atoms with van der Waals surface area (Å²) in [4.78, 5) is 4.28. The molecule has 0 radical (unpaired) electrons. The van der Waals surface area contributed by atoms with Crippen molar-refractivity contribution in [1.29, 1.82) is 0 Å². The summed E-state index contributed by atoms with van der Waals surface area (Å²) in [6.07, 6.45) is 5.41. The van der Waals surface area contributed by atoms with Gasteiger partial charge in [0.15, 0.2) is 5.01 Å². The molecule has 6 heteroatoms. The number of hydrogen-bond donors (Lipinski definition) is 1. The summed E-state index contributed by atoms with van der Waals surface area (Å²) in [5.74, 6) is 0. The van der Waals surface area contributed by atoms with Crippen LogP contribution in [0.4, 0.5) is 5.13 Å². The molecule has 2 aromatic rings. The second kappa shape index (κ2) is 5.63. The van der Waals surface area contributed by atoms with Crippen molar-refractivity contribution in [2.24, 2.45) is 0 Å². The standard InChI is InChI=1S/C13H16N4OS/c1-18-10-6-5-9(8-10)15-13-17-16-12(19-13)11-4-2-3-7-14-11/h2-4,7,9-10H,5-6,8H2,1H3,(H,15,17). The molecule has 5 nitrogen and oxygen atoms in total. The first-order chi connectivity index (χ1) is 9.35. The minimum absolute atomic E-state index is 0.376. The number of pyridine rings is 1. The molecule has 100 valence electrons. The quantitative estimate of drug-likeness (QED) is 0.930. The van der Waals surface area contributed by atoms with Crippen molar-refractivity contribution in [2.45, 2.75) is 31.4 Å². The van der Waals surface area contributed by atoms with Gasteiger partial charge in [0.25, 0.3) is 0 Å². The zero-order valence-electron chi connectivity index (χ0n) is 10.7. The molecule has 2 unspecified atom stereocenters. The van der Waals surface area contributed by atoms with Crippen molar-refractivity contribution in [2.75, 3.05) is 12.4 Å². The van der Waals surface area contributed by atoms with E-state index >= 15 is 0 Å². The van der Waals surface area contributed by atoms with Crippen LogP contribution in [-0.2, 0) is 4.74 Å². The lowest BCUT2D eigenvalue weighted by Gasteiger charge is -2.10. The summed E-state index contributed by atoms with van der Waals surface area (Å²) in [7, 11) is 1.77. The van der Waals surface area contributed by atoms with Crippen LogP contribution in [0.25, 0.3) is 10.7 Å². The first-order valence-corrected chi connectivity index (χ1v) is 7.21. The molecular weight excluding hydrogens is 260 g/mol. The van der Waals surface area contributed by atoms with E-state index in [9.17, 15) is 0 Å². The summed E-state index contributed by atoms with van der Waals surface area (Å²) >= 11 is 1.55. The van der Waals surface area contributed by atoms with Gasteiger partial charge in [-0.05, 0) is 31.4 Å². The van der Waals surface area contributed by atoms with Gasteiger partial charge in [-0.25, -0.2) is 0 Å². The molecule has 0 saturated heterocycles. The van der Waals surface area contributed by atoms with E-state index in [1.54, 1.807) is 24.6 Å². The van der Waals surface area contributed by atoms with Crippen LogP contribution in [0.5, 0.6) is 0 Å². The molecule has 0 amide bonds. The Labute approximate surface area is 116 Å². The van der Waals surface area contributed by atoms with Crippen LogP contribution in [0, 0.1) is 0 Å². The number of nitrogens with one attached hydrogen (secondary N) is 1. The van der Waals surface area contributed by atoms with Gasteiger partial charge in [-0.1, -0.05) is 17.4 Å². The Kier molecular flexibility index (Phi) is 3.70. The van der Waals surface area contributed by atoms with Crippen LogP contribution in [0.15, 0.2) is 24.4 Å². The first-order valence-electron chi connectivity index (χ1n) is 6.39. The smallest absolute Gasteiger partial charge is 0.206 e. The Morgan fingerprint density at radius 3 is 3.00 bits per heavy atom. The maximum absolute atomic E-state index is 5.37. The Balaban J connectivity index is 1.66. The van der Waals surface area contributed by atoms with E-state index in [1.807, 2.05) is 18.2 Å². The Hall–Kier alpha value is -1.53. The maximum Gasteiger partial charge on any atom is 0.206 e. The van der Waals surface area contributed by atoms with Gasteiger partial charge in [-0.15, -0.1) is 10.2 Å². The Bertz CT molecular complexity index is 530. The van der Waals surface area contributed by atoms with E-state index in [2.05, 4.69) is 20.5 Å². The number of hydrogen-bond acceptors (Lipinski definition) is 6. The predicted octanol–water partition coefficient (Wildman–Crippen LogP) is 2.58. The minimum atomic E-state index is 0.376. The third-order valence-corrected chi connectivity index (χ3v) is 4.23. The summed E-state index contributed by atoms with van der Waals surface area (Å²) in [5.41, 5.74) is 0.870. The molecule has 2 heterocycles. The van der Waals surface area contributed by atoms with Crippen LogP contribution in [0.1, 0.15) is 19.3 Å². The van der Waals surface area contributed by atoms with Crippen LogP contribution >= 0.6 is 11.3 Å². The van der Waals surface area contributed by atoms with Crippen molar-refractivity contribution in [3.63, 3.8) is 0 Å². The summed E-state index contributed by atoms with van der Waals surface area (Å²) < 4.78 is 5.37. The second-order valence-corrected chi connectivity index (χ2v) is 5.62. The van der Waals surface area contributed by atoms with Gasteiger partial charge >= 0.3 is 0 Å².